The molecular weight excluding hydrogens is 126 g/mol. The van der Waals surface area contributed by atoms with Crippen molar-refractivity contribution in [1.82, 2.24) is 9.97 Å². The van der Waals surface area contributed by atoms with E-state index in [1.54, 1.807) is 6.07 Å². The Morgan fingerprint density at radius 3 is 2.50 bits per heavy atom. The monoisotopic (exact) mass is 137 g/mol. The van der Waals surface area contributed by atoms with Crippen molar-refractivity contribution < 1.29 is 0 Å². The Balaban J connectivity index is 2.96. The van der Waals surface area contributed by atoms with Gasteiger partial charge in [0.2, 0.25) is 0 Å². The van der Waals surface area contributed by atoms with Crippen molar-refractivity contribution in [3.05, 3.63) is 18.1 Å². The van der Waals surface area contributed by atoms with Crippen LogP contribution in [0.25, 0.3) is 0 Å². The fraction of sp³-hybridized carbons (Fsp3) is 0.429. The first-order valence-electron chi connectivity index (χ1n) is 3.27. The van der Waals surface area contributed by atoms with Crippen molar-refractivity contribution in [1.29, 1.82) is 0 Å². The van der Waals surface area contributed by atoms with E-state index in [-0.39, 0.29) is 0 Å². The Kier molecular flexibility index (Phi) is 1.85. The molecule has 0 radical (unpaired) electrons. The van der Waals surface area contributed by atoms with E-state index >= 15 is 0 Å². The molecule has 1 heterocycles. The van der Waals surface area contributed by atoms with Crippen LogP contribution >= 0.6 is 0 Å². The molecule has 0 aliphatic carbocycles. The number of hydrogen-bond donors (Lipinski definition) is 1. The number of nitrogens with two attached hydrogens (primary N) is 1. The lowest BCUT2D eigenvalue weighted by Gasteiger charge is -2.02. The van der Waals surface area contributed by atoms with Crippen molar-refractivity contribution >= 4 is 5.82 Å². The predicted molar refractivity (Wildman–Crippen MR) is 40.5 cm³/mol. The van der Waals surface area contributed by atoms with Gasteiger partial charge >= 0.3 is 0 Å². The van der Waals surface area contributed by atoms with E-state index in [4.69, 9.17) is 5.73 Å². The summed E-state index contributed by atoms with van der Waals surface area (Å²) in [5.41, 5.74) is 6.44. The molecular formula is C7H11N3. The van der Waals surface area contributed by atoms with Crippen LogP contribution in [0, 0.1) is 0 Å². The lowest BCUT2D eigenvalue weighted by molar-refractivity contribution is 0.815. The topological polar surface area (TPSA) is 51.8 Å². The molecule has 0 bridgehead atoms. The van der Waals surface area contributed by atoms with Gasteiger partial charge in [-0.2, -0.15) is 0 Å². The first-order chi connectivity index (χ1) is 4.70. The Morgan fingerprint density at radius 1 is 1.40 bits per heavy atom. The van der Waals surface area contributed by atoms with Crippen molar-refractivity contribution in [2.45, 2.75) is 19.8 Å². The van der Waals surface area contributed by atoms with Crippen LogP contribution in [0.5, 0.6) is 0 Å². The van der Waals surface area contributed by atoms with Crippen LogP contribution in [0.1, 0.15) is 25.5 Å². The number of anilines is 1. The number of nitrogen functional groups attached to an aromatic ring is 1. The highest BCUT2D eigenvalue weighted by atomic mass is 14.9. The highest BCUT2D eigenvalue weighted by Crippen LogP contribution is 2.10. The minimum atomic E-state index is 0.422. The van der Waals surface area contributed by atoms with Gasteiger partial charge in [0.25, 0.3) is 0 Å². The summed E-state index contributed by atoms with van der Waals surface area (Å²) in [5.74, 6) is 0.962. The molecule has 3 nitrogen and oxygen atoms in total. The molecule has 0 spiro atoms. The fourth-order valence-corrected chi connectivity index (χ4v) is 0.704. The van der Waals surface area contributed by atoms with Crippen LogP contribution in [0.2, 0.25) is 0 Å². The van der Waals surface area contributed by atoms with Gasteiger partial charge in [0.05, 0.1) is 0 Å². The van der Waals surface area contributed by atoms with Crippen LogP contribution in [-0.4, -0.2) is 9.97 Å². The molecule has 0 aliphatic rings. The molecule has 0 aromatic carbocycles. The number of hydrogen-bond acceptors (Lipinski definition) is 3. The van der Waals surface area contributed by atoms with Crippen molar-refractivity contribution in [2.24, 2.45) is 0 Å². The second kappa shape index (κ2) is 2.64. The van der Waals surface area contributed by atoms with Crippen molar-refractivity contribution in [2.75, 3.05) is 5.73 Å². The summed E-state index contributed by atoms with van der Waals surface area (Å²) >= 11 is 0. The van der Waals surface area contributed by atoms with Gasteiger partial charge in [-0.15, -0.1) is 0 Å². The molecule has 0 amide bonds. The average molecular weight is 137 g/mol. The SMILES string of the molecule is CC(C)c1cc(N)ncn1. The molecule has 0 saturated carbocycles. The minimum Gasteiger partial charge on any atom is -0.384 e. The maximum atomic E-state index is 5.45. The molecule has 0 aliphatic heterocycles. The van der Waals surface area contributed by atoms with Gasteiger partial charge in [0.1, 0.15) is 12.1 Å². The minimum absolute atomic E-state index is 0.422. The fourth-order valence-electron chi connectivity index (χ4n) is 0.704. The van der Waals surface area contributed by atoms with E-state index in [1.807, 2.05) is 0 Å². The third-order valence-corrected chi connectivity index (χ3v) is 1.30. The van der Waals surface area contributed by atoms with Gasteiger partial charge in [-0.1, -0.05) is 13.8 Å². The van der Waals surface area contributed by atoms with Crippen molar-refractivity contribution in [3.8, 4) is 0 Å². The van der Waals surface area contributed by atoms with Crippen LogP contribution in [0.4, 0.5) is 5.82 Å². The second-order valence-corrected chi connectivity index (χ2v) is 2.52. The van der Waals surface area contributed by atoms with Crippen LogP contribution in [0.15, 0.2) is 12.4 Å². The van der Waals surface area contributed by atoms with E-state index in [9.17, 15) is 0 Å². The van der Waals surface area contributed by atoms with E-state index in [1.165, 1.54) is 6.33 Å². The van der Waals surface area contributed by atoms with E-state index < -0.39 is 0 Å². The second-order valence-electron chi connectivity index (χ2n) is 2.52. The van der Waals surface area contributed by atoms with Crippen LogP contribution in [0.3, 0.4) is 0 Å². The number of rotatable bonds is 1. The lowest BCUT2D eigenvalue weighted by atomic mass is 10.1. The molecule has 10 heavy (non-hydrogen) atoms. The van der Waals surface area contributed by atoms with Crippen LogP contribution in [-0.2, 0) is 0 Å². The largest absolute Gasteiger partial charge is 0.384 e. The molecule has 0 unspecified atom stereocenters. The summed E-state index contributed by atoms with van der Waals surface area (Å²) in [6, 6.07) is 1.80. The van der Waals surface area contributed by atoms with E-state index in [0.717, 1.165) is 5.69 Å². The molecule has 0 fully saturated rings. The van der Waals surface area contributed by atoms with Crippen molar-refractivity contribution in [3.63, 3.8) is 0 Å². The predicted octanol–water partition coefficient (Wildman–Crippen LogP) is 1.18. The molecule has 0 atom stereocenters. The zero-order valence-corrected chi connectivity index (χ0v) is 6.20. The highest BCUT2D eigenvalue weighted by Gasteiger charge is 1.99. The van der Waals surface area contributed by atoms with Gasteiger partial charge in [0.15, 0.2) is 0 Å². The van der Waals surface area contributed by atoms with Gasteiger partial charge in [0, 0.05) is 11.8 Å². The summed E-state index contributed by atoms with van der Waals surface area (Å²) in [7, 11) is 0. The maximum Gasteiger partial charge on any atom is 0.127 e. The molecule has 3 heteroatoms. The third-order valence-electron chi connectivity index (χ3n) is 1.30. The first kappa shape index (κ1) is 6.99. The molecule has 1 aromatic heterocycles. The summed E-state index contributed by atoms with van der Waals surface area (Å²) in [6.07, 6.45) is 1.49. The van der Waals surface area contributed by atoms with E-state index in [2.05, 4.69) is 23.8 Å². The summed E-state index contributed by atoms with van der Waals surface area (Å²) < 4.78 is 0. The maximum absolute atomic E-state index is 5.45. The lowest BCUT2D eigenvalue weighted by Crippen LogP contribution is -1.96. The highest BCUT2D eigenvalue weighted by molar-refractivity contribution is 5.28. The Morgan fingerprint density at radius 2 is 2.10 bits per heavy atom. The molecule has 0 saturated heterocycles. The zero-order valence-electron chi connectivity index (χ0n) is 6.20. The Hall–Kier alpha value is -1.12. The van der Waals surface area contributed by atoms with Gasteiger partial charge in [-0.25, -0.2) is 9.97 Å². The number of nitrogens with zero attached hydrogens (tertiary/aromatic N) is 2. The molecule has 1 aromatic rings. The van der Waals surface area contributed by atoms with Gasteiger partial charge in [-0.3, -0.25) is 0 Å². The first-order valence-corrected chi connectivity index (χ1v) is 3.27. The normalized spacial score (nSPS) is 10.3. The smallest absolute Gasteiger partial charge is 0.127 e. The number of aromatic nitrogens is 2. The molecule has 2 N–H and O–H groups in total. The summed E-state index contributed by atoms with van der Waals surface area (Å²) in [5, 5.41) is 0. The summed E-state index contributed by atoms with van der Waals surface area (Å²) in [6.45, 7) is 4.14. The summed E-state index contributed by atoms with van der Waals surface area (Å²) in [4.78, 5) is 7.84. The van der Waals surface area contributed by atoms with Crippen LogP contribution < -0.4 is 5.73 Å². The molecule has 54 valence electrons. The Bertz CT molecular complexity index is 220. The van der Waals surface area contributed by atoms with Gasteiger partial charge in [-0.05, 0) is 5.92 Å². The van der Waals surface area contributed by atoms with E-state index in [0.29, 0.717) is 11.7 Å². The standard InChI is InChI=1S/C7H11N3/c1-5(2)6-3-7(8)10-4-9-6/h3-5H,1-2H3,(H2,8,9,10). The average Bonchev–Trinajstić information content (AvgIpc) is 1.88. The Labute approximate surface area is 60.3 Å². The third kappa shape index (κ3) is 1.43. The van der Waals surface area contributed by atoms with Gasteiger partial charge < -0.3 is 5.73 Å². The zero-order chi connectivity index (χ0) is 7.56. The molecule has 1 rings (SSSR count). The quantitative estimate of drug-likeness (QED) is 0.632.